The predicted molar refractivity (Wildman–Crippen MR) is 121 cm³/mol. The third kappa shape index (κ3) is 11.3. The molecule has 1 aliphatic rings. The van der Waals surface area contributed by atoms with Crippen LogP contribution in [0.5, 0.6) is 5.88 Å². The predicted octanol–water partition coefficient (Wildman–Crippen LogP) is 3.59. The van der Waals surface area contributed by atoms with Gasteiger partial charge in [-0.1, -0.05) is 12.2 Å². The summed E-state index contributed by atoms with van der Waals surface area (Å²) in [5.41, 5.74) is 0.956. The highest BCUT2D eigenvalue weighted by atomic mass is 19.3. The Bertz CT molecular complexity index is 754. The number of aldehydes is 1. The Labute approximate surface area is 182 Å². The summed E-state index contributed by atoms with van der Waals surface area (Å²) < 4.78 is 32.0. The summed E-state index contributed by atoms with van der Waals surface area (Å²) in [6.45, 7) is 7.90. The van der Waals surface area contributed by atoms with Gasteiger partial charge in [0.05, 0.1) is 19.1 Å². The first-order chi connectivity index (χ1) is 14.8. The van der Waals surface area contributed by atoms with Crippen molar-refractivity contribution in [2.24, 2.45) is 9.98 Å². The maximum Gasteiger partial charge on any atom is 0.250 e. The quantitative estimate of drug-likeness (QED) is 0.364. The van der Waals surface area contributed by atoms with Crippen molar-refractivity contribution < 1.29 is 18.3 Å². The fourth-order valence-corrected chi connectivity index (χ4v) is 2.47. The number of nitrogens with one attached hydrogen (secondary N) is 1. The monoisotopic (exact) mass is 435 g/mol. The Morgan fingerprint density at radius 2 is 2.10 bits per heavy atom. The van der Waals surface area contributed by atoms with Gasteiger partial charge in [-0.05, 0) is 39.2 Å². The summed E-state index contributed by atoms with van der Waals surface area (Å²) in [6.07, 6.45) is 9.14. The Morgan fingerprint density at radius 1 is 1.42 bits per heavy atom. The minimum atomic E-state index is -2.56. The minimum absolute atomic E-state index is 0.131. The molecule has 9 heteroatoms. The third-order valence-electron chi connectivity index (χ3n) is 4.32. The summed E-state index contributed by atoms with van der Waals surface area (Å²) in [5, 5.41) is 3.12. The number of piperidine rings is 1. The molecule has 0 bridgehead atoms. The summed E-state index contributed by atoms with van der Waals surface area (Å²) in [6, 6.07) is 3.92. The fourth-order valence-electron chi connectivity index (χ4n) is 2.47. The SMILES string of the molecule is C=N/C=C(\C=N/CN1CCC(F)(F)CC1)Oc1ccc(/C=C/[C@H](C)NC)cn1.CC=O. The van der Waals surface area contributed by atoms with E-state index in [0.29, 0.717) is 31.4 Å². The first kappa shape index (κ1) is 26.3. The summed E-state index contributed by atoms with van der Waals surface area (Å²) in [7, 11) is 1.90. The van der Waals surface area contributed by atoms with Gasteiger partial charge in [0.1, 0.15) is 6.29 Å². The molecule has 31 heavy (non-hydrogen) atoms. The molecule has 2 rings (SSSR count). The summed E-state index contributed by atoms with van der Waals surface area (Å²) in [4.78, 5) is 22.9. The van der Waals surface area contributed by atoms with Crippen molar-refractivity contribution in [3.05, 3.63) is 41.9 Å². The van der Waals surface area contributed by atoms with E-state index in [2.05, 4.69) is 33.9 Å². The topological polar surface area (TPSA) is 79.2 Å². The van der Waals surface area contributed by atoms with Crippen LogP contribution in [0.3, 0.4) is 0 Å². The lowest BCUT2D eigenvalue weighted by molar-refractivity contribution is -0.106. The number of rotatable bonds is 9. The second-order valence-electron chi connectivity index (χ2n) is 6.85. The smallest absolute Gasteiger partial charge is 0.250 e. The molecular weight excluding hydrogens is 404 g/mol. The van der Waals surface area contributed by atoms with E-state index in [1.54, 1.807) is 12.3 Å². The zero-order chi connectivity index (χ0) is 23.1. The van der Waals surface area contributed by atoms with Crippen LogP contribution in [0, 0.1) is 0 Å². The van der Waals surface area contributed by atoms with Gasteiger partial charge in [-0.2, -0.15) is 0 Å². The van der Waals surface area contributed by atoms with E-state index in [-0.39, 0.29) is 18.9 Å². The lowest BCUT2D eigenvalue weighted by Gasteiger charge is -2.30. The number of aromatic nitrogens is 1. The lowest BCUT2D eigenvalue weighted by Crippen LogP contribution is -2.39. The standard InChI is InChI=1S/C20H27F2N5O.C2H4O/c1-16(24-3)4-5-17-6-7-19(26-12-17)28-18(13-23-2)14-25-15-27-10-8-20(21,22)9-11-27;1-2-3/h4-7,12-14,16,24H,2,8-11,15H2,1,3H3;2H,1H3/b5-4+,18-13+,25-14-;/t16-;/m0./s1. The number of alkyl halides is 2. The molecule has 0 unspecified atom stereocenters. The first-order valence-electron chi connectivity index (χ1n) is 9.98. The number of carbonyl (C=O) groups is 1. The van der Waals surface area contributed by atoms with Gasteiger partial charge in [-0.15, -0.1) is 0 Å². The van der Waals surface area contributed by atoms with Crippen molar-refractivity contribution in [3.8, 4) is 5.88 Å². The van der Waals surface area contributed by atoms with Crippen LogP contribution in [0.2, 0.25) is 0 Å². The van der Waals surface area contributed by atoms with Crippen molar-refractivity contribution >= 4 is 25.3 Å². The van der Waals surface area contributed by atoms with Crippen molar-refractivity contribution in [3.63, 3.8) is 0 Å². The highest BCUT2D eigenvalue weighted by Gasteiger charge is 2.33. The van der Waals surface area contributed by atoms with Gasteiger partial charge in [0.15, 0.2) is 5.76 Å². The number of pyridine rings is 1. The average molecular weight is 436 g/mol. The molecule has 0 aliphatic carbocycles. The number of ether oxygens (including phenoxy) is 1. The Balaban J connectivity index is 0.00000151. The maximum absolute atomic E-state index is 13.2. The van der Waals surface area contributed by atoms with Gasteiger partial charge in [-0.25, -0.2) is 13.8 Å². The van der Waals surface area contributed by atoms with Gasteiger partial charge in [0, 0.05) is 44.2 Å². The molecule has 1 aromatic rings. The average Bonchev–Trinajstić information content (AvgIpc) is 2.75. The van der Waals surface area contributed by atoms with E-state index in [1.807, 2.05) is 30.2 Å². The van der Waals surface area contributed by atoms with Gasteiger partial charge >= 0.3 is 0 Å². The number of halogens is 2. The van der Waals surface area contributed by atoms with Crippen LogP contribution in [-0.4, -0.2) is 67.9 Å². The van der Waals surface area contributed by atoms with Crippen LogP contribution in [0.25, 0.3) is 6.08 Å². The van der Waals surface area contributed by atoms with Crippen LogP contribution in [0.4, 0.5) is 8.78 Å². The molecule has 1 aromatic heterocycles. The number of aliphatic imine (C=N–C) groups is 2. The van der Waals surface area contributed by atoms with Crippen molar-refractivity contribution in [2.45, 2.75) is 38.7 Å². The van der Waals surface area contributed by atoms with Crippen molar-refractivity contribution in [2.75, 3.05) is 26.8 Å². The zero-order valence-electron chi connectivity index (χ0n) is 18.3. The summed E-state index contributed by atoms with van der Waals surface area (Å²) >= 11 is 0. The number of hydrogen-bond donors (Lipinski definition) is 1. The van der Waals surface area contributed by atoms with E-state index < -0.39 is 5.92 Å². The number of hydrogen-bond acceptors (Lipinski definition) is 7. The molecule has 0 amide bonds. The van der Waals surface area contributed by atoms with Crippen molar-refractivity contribution in [1.29, 1.82) is 0 Å². The van der Waals surface area contributed by atoms with E-state index in [0.717, 1.165) is 11.8 Å². The molecule has 0 spiro atoms. The number of allylic oxidation sites excluding steroid dienone is 1. The molecule has 1 fully saturated rings. The Morgan fingerprint density at radius 3 is 2.65 bits per heavy atom. The molecule has 0 saturated carbocycles. The number of likely N-dealkylation sites (tertiary alicyclic amines) is 1. The number of carbonyl (C=O) groups excluding carboxylic acids is 1. The van der Waals surface area contributed by atoms with E-state index in [9.17, 15) is 8.78 Å². The van der Waals surface area contributed by atoms with Gasteiger partial charge in [-0.3, -0.25) is 14.9 Å². The van der Waals surface area contributed by atoms with E-state index in [1.165, 1.54) is 19.3 Å². The van der Waals surface area contributed by atoms with Crippen LogP contribution >= 0.6 is 0 Å². The third-order valence-corrected chi connectivity index (χ3v) is 4.32. The Hall–Kier alpha value is -2.78. The lowest BCUT2D eigenvalue weighted by atomic mass is 10.1. The van der Waals surface area contributed by atoms with Gasteiger partial charge in [0.25, 0.3) is 5.92 Å². The van der Waals surface area contributed by atoms with E-state index >= 15 is 0 Å². The molecule has 1 N–H and O–H groups in total. The molecule has 1 aliphatic heterocycles. The van der Waals surface area contributed by atoms with Crippen LogP contribution < -0.4 is 10.1 Å². The summed E-state index contributed by atoms with van der Waals surface area (Å²) in [5.74, 6) is -1.78. The molecule has 1 saturated heterocycles. The van der Waals surface area contributed by atoms with E-state index in [4.69, 9.17) is 9.53 Å². The molecule has 0 aromatic carbocycles. The maximum atomic E-state index is 13.2. The molecular formula is C22H31F2N5O2. The second-order valence-corrected chi connectivity index (χ2v) is 6.85. The van der Waals surface area contributed by atoms with Crippen molar-refractivity contribution in [1.82, 2.24) is 15.2 Å². The second kappa shape index (κ2) is 14.3. The molecule has 2 heterocycles. The minimum Gasteiger partial charge on any atom is -0.436 e. The molecule has 170 valence electrons. The highest BCUT2D eigenvalue weighted by Crippen LogP contribution is 2.27. The molecule has 7 nitrogen and oxygen atoms in total. The molecule has 0 radical (unpaired) electrons. The largest absolute Gasteiger partial charge is 0.436 e. The Kier molecular flexibility index (Phi) is 12.1. The fraction of sp³-hybridized carbons (Fsp3) is 0.455. The number of likely N-dealkylation sites (N-methyl/N-ethyl adjacent to an activating group) is 1. The van der Waals surface area contributed by atoms with Crippen LogP contribution in [0.15, 0.2) is 46.3 Å². The zero-order valence-corrected chi connectivity index (χ0v) is 18.3. The van der Waals surface area contributed by atoms with Crippen LogP contribution in [0.1, 0.15) is 32.3 Å². The van der Waals surface area contributed by atoms with Gasteiger partial charge < -0.3 is 14.8 Å². The molecule has 1 atom stereocenters. The first-order valence-corrected chi connectivity index (χ1v) is 9.98. The number of nitrogens with zero attached hydrogens (tertiary/aromatic N) is 4. The van der Waals surface area contributed by atoms with Crippen LogP contribution in [-0.2, 0) is 4.79 Å². The highest BCUT2D eigenvalue weighted by molar-refractivity contribution is 5.76. The van der Waals surface area contributed by atoms with Gasteiger partial charge in [0.2, 0.25) is 5.88 Å². The normalized spacial score (nSPS) is 17.8.